The highest BCUT2D eigenvalue weighted by Crippen LogP contribution is 2.68. The third-order valence-corrected chi connectivity index (χ3v) is 9.17. The zero-order valence-corrected chi connectivity index (χ0v) is 17.1. The van der Waals surface area contributed by atoms with E-state index in [2.05, 4.69) is 27.7 Å². The molecule has 1 heterocycles. The molecule has 25 heavy (non-hydrogen) atoms. The average molecular weight is 361 g/mol. The molecule has 1 aromatic carbocycles. The van der Waals surface area contributed by atoms with Crippen LogP contribution in [0.2, 0.25) is 0 Å². The van der Waals surface area contributed by atoms with Crippen molar-refractivity contribution in [3.8, 4) is 11.5 Å². The molecule has 2 nitrogen and oxygen atoms in total. The van der Waals surface area contributed by atoms with Crippen LogP contribution < -0.4 is 4.74 Å². The zero-order valence-electron chi connectivity index (χ0n) is 16.3. The van der Waals surface area contributed by atoms with Gasteiger partial charge in [-0.3, -0.25) is 0 Å². The van der Waals surface area contributed by atoms with Crippen molar-refractivity contribution in [2.75, 3.05) is 12.9 Å². The Kier molecular flexibility index (Phi) is 3.92. The minimum Gasteiger partial charge on any atom is -0.508 e. The fraction of sp³-hybridized carbons (Fsp3) is 0.727. The molecule has 3 aliphatic rings. The normalized spacial score (nSPS) is 39.1. The Labute approximate surface area is 156 Å². The molecule has 4 unspecified atom stereocenters. The van der Waals surface area contributed by atoms with E-state index in [1.54, 1.807) is 7.11 Å². The summed E-state index contributed by atoms with van der Waals surface area (Å²) in [5.74, 6) is 3.86. The van der Waals surface area contributed by atoms with Crippen molar-refractivity contribution >= 4 is 11.8 Å². The Hall–Kier alpha value is -0.830. The summed E-state index contributed by atoms with van der Waals surface area (Å²) in [6.45, 7) is 10.1. The molecule has 0 bridgehead atoms. The third kappa shape index (κ3) is 2.37. The zero-order chi connectivity index (χ0) is 18.0. The second-order valence-electron chi connectivity index (χ2n) is 9.74. The Morgan fingerprint density at radius 3 is 2.56 bits per heavy atom. The largest absolute Gasteiger partial charge is 0.508 e. The summed E-state index contributed by atoms with van der Waals surface area (Å²) in [4.78, 5) is 1.23. The van der Waals surface area contributed by atoms with Crippen molar-refractivity contribution in [3.63, 3.8) is 0 Å². The van der Waals surface area contributed by atoms with Gasteiger partial charge >= 0.3 is 0 Å². The first-order valence-electron chi connectivity index (χ1n) is 9.77. The minimum absolute atomic E-state index is 0.151. The number of thioether (sulfide) groups is 1. The van der Waals surface area contributed by atoms with E-state index in [1.807, 2.05) is 23.9 Å². The molecule has 0 spiro atoms. The molecule has 4 rings (SSSR count). The summed E-state index contributed by atoms with van der Waals surface area (Å²) >= 11 is 1.93. The number of phenols is 1. The summed E-state index contributed by atoms with van der Waals surface area (Å²) in [7, 11) is 1.74. The molecule has 2 fully saturated rings. The average Bonchev–Trinajstić information content (AvgIpc) is 2.52. The van der Waals surface area contributed by atoms with Crippen molar-refractivity contribution in [2.45, 2.75) is 70.1 Å². The van der Waals surface area contributed by atoms with Crippen molar-refractivity contribution in [1.82, 2.24) is 0 Å². The van der Waals surface area contributed by atoms with Crippen molar-refractivity contribution in [3.05, 3.63) is 17.7 Å². The van der Waals surface area contributed by atoms with Crippen LogP contribution in [-0.2, 0) is 5.41 Å². The van der Waals surface area contributed by atoms with Crippen molar-refractivity contribution in [1.29, 1.82) is 0 Å². The minimum atomic E-state index is 0.151. The number of rotatable bonds is 1. The summed E-state index contributed by atoms with van der Waals surface area (Å²) in [6.07, 6.45) is 6.63. The molecule has 1 aromatic rings. The molecule has 3 heteroatoms. The number of methoxy groups -OCH3 is 1. The fourth-order valence-corrected chi connectivity index (χ4v) is 8.69. The lowest BCUT2D eigenvalue weighted by Gasteiger charge is -2.64. The summed E-state index contributed by atoms with van der Waals surface area (Å²) < 4.78 is 5.74. The van der Waals surface area contributed by atoms with Crippen molar-refractivity contribution < 1.29 is 9.84 Å². The predicted molar refractivity (Wildman–Crippen MR) is 105 cm³/mol. The highest BCUT2D eigenvalue weighted by molar-refractivity contribution is 7.99. The summed E-state index contributed by atoms with van der Waals surface area (Å²) in [6, 6.07) is 3.76. The van der Waals surface area contributed by atoms with Crippen LogP contribution in [0.15, 0.2) is 17.0 Å². The molecular weight excluding hydrogens is 328 g/mol. The summed E-state index contributed by atoms with van der Waals surface area (Å²) in [5, 5.41) is 10.1. The maximum Gasteiger partial charge on any atom is 0.127 e. The van der Waals surface area contributed by atoms with Crippen LogP contribution in [0.25, 0.3) is 0 Å². The van der Waals surface area contributed by atoms with Crippen LogP contribution in [0, 0.1) is 22.7 Å². The number of phenolic OH excluding ortho intramolecular Hbond substituents is 1. The van der Waals surface area contributed by atoms with Crippen molar-refractivity contribution in [2.24, 2.45) is 22.7 Å². The van der Waals surface area contributed by atoms with E-state index in [0.29, 0.717) is 22.5 Å². The van der Waals surface area contributed by atoms with Crippen LogP contribution >= 0.6 is 11.8 Å². The van der Waals surface area contributed by atoms with Crippen LogP contribution in [-0.4, -0.2) is 18.0 Å². The van der Waals surface area contributed by atoms with Gasteiger partial charge in [0.15, 0.2) is 0 Å². The topological polar surface area (TPSA) is 29.5 Å². The second-order valence-corrected chi connectivity index (χ2v) is 10.8. The predicted octanol–water partition coefficient (Wildman–Crippen LogP) is 6.01. The number of hydrogen-bond acceptors (Lipinski definition) is 3. The van der Waals surface area contributed by atoms with E-state index in [-0.39, 0.29) is 5.41 Å². The number of benzene rings is 1. The van der Waals surface area contributed by atoms with Crippen LogP contribution in [0.5, 0.6) is 11.5 Å². The molecule has 0 aromatic heterocycles. The van der Waals surface area contributed by atoms with Gasteiger partial charge in [0.25, 0.3) is 0 Å². The molecule has 4 atom stereocenters. The van der Waals surface area contributed by atoms with Gasteiger partial charge in [0.2, 0.25) is 0 Å². The smallest absolute Gasteiger partial charge is 0.127 e. The Balaban J connectivity index is 1.85. The molecule has 0 saturated heterocycles. The van der Waals surface area contributed by atoms with Crippen LogP contribution in [0.3, 0.4) is 0 Å². The lowest BCUT2D eigenvalue weighted by Crippen LogP contribution is -2.58. The van der Waals surface area contributed by atoms with E-state index in [1.165, 1.54) is 48.3 Å². The highest BCUT2D eigenvalue weighted by atomic mass is 32.2. The molecule has 1 aliphatic heterocycles. The van der Waals surface area contributed by atoms with E-state index < -0.39 is 0 Å². The van der Waals surface area contributed by atoms with E-state index in [0.717, 1.165) is 11.7 Å². The lowest BCUT2D eigenvalue weighted by atomic mass is 9.43. The van der Waals surface area contributed by atoms with Crippen LogP contribution in [0.4, 0.5) is 0 Å². The number of ether oxygens (including phenoxy) is 1. The Morgan fingerprint density at radius 2 is 1.84 bits per heavy atom. The first kappa shape index (κ1) is 17.6. The fourth-order valence-electron chi connectivity index (χ4n) is 6.91. The molecule has 2 aliphatic carbocycles. The van der Waals surface area contributed by atoms with E-state index in [4.69, 9.17) is 4.74 Å². The van der Waals surface area contributed by atoms with Gasteiger partial charge in [-0.1, -0.05) is 34.1 Å². The lowest BCUT2D eigenvalue weighted by molar-refractivity contribution is -0.0976. The molecule has 2 saturated carbocycles. The van der Waals surface area contributed by atoms with Gasteiger partial charge < -0.3 is 9.84 Å². The van der Waals surface area contributed by atoms with Gasteiger partial charge in [0.05, 0.1) is 7.11 Å². The van der Waals surface area contributed by atoms with Gasteiger partial charge in [0, 0.05) is 27.7 Å². The van der Waals surface area contributed by atoms with E-state index in [9.17, 15) is 5.11 Å². The molecule has 0 amide bonds. The first-order chi connectivity index (χ1) is 11.7. The standard InChI is InChI=1S/C22H32O2S/c1-20(2)8-6-9-21(3)17(20)7-10-22(4)18(21)13-25-16-12-14(23)11-15(24-5)19(16)22/h11-12,17-18,23H,6-10,13H2,1-5H3. The molecule has 138 valence electrons. The van der Waals surface area contributed by atoms with Gasteiger partial charge in [0.1, 0.15) is 11.5 Å². The second kappa shape index (κ2) is 5.58. The SMILES string of the molecule is COc1cc(O)cc2c1C1(C)CCC3C(C)(C)CCCC3(C)C1CS2. The summed E-state index contributed by atoms with van der Waals surface area (Å²) in [5.41, 5.74) is 2.37. The maximum absolute atomic E-state index is 10.1. The number of fused-ring (bicyclic) bond motifs is 5. The Morgan fingerprint density at radius 1 is 1.08 bits per heavy atom. The van der Waals surface area contributed by atoms with Gasteiger partial charge in [-0.25, -0.2) is 0 Å². The number of hydrogen-bond donors (Lipinski definition) is 1. The highest BCUT2D eigenvalue weighted by Gasteiger charge is 2.60. The Bertz CT molecular complexity index is 680. The molecule has 0 radical (unpaired) electrons. The molecule has 1 N–H and O–H groups in total. The van der Waals surface area contributed by atoms with E-state index >= 15 is 0 Å². The number of aromatic hydroxyl groups is 1. The van der Waals surface area contributed by atoms with Gasteiger partial charge in [-0.15, -0.1) is 11.8 Å². The van der Waals surface area contributed by atoms with Gasteiger partial charge in [-0.05, 0) is 54.4 Å². The molecular formula is C22H32O2S. The maximum atomic E-state index is 10.1. The van der Waals surface area contributed by atoms with Gasteiger partial charge in [-0.2, -0.15) is 0 Å². The van der Waals surface area contributed by atoms with Crippen LogP contribution in [0.1, 0.15) is 65.4 Å². The first-order valence-corrected chi connectivity index (χ1v) is 10.8. The monoisotopic (exact) mass is 360 g/mol. The quantitative estimate of drug-likeness (QED) is 0.665. The third-order valence-electron chi connectivity index (χ3n) is 8.04.